The summed E-state index contributed by atoms with van der Waals surface area (Å²) in [5.74, 6) is 0.598. The number of aromatic amines is 1. The van der Waals surface area contributed by atoms with Gasteiger partial charge in [0.25, 0.3) is 0 Å². The van der Waals surface area contributed by atoms with Crippen molar-refractivity contribution in [2.24, 2.45) is 0 Å². The SMILES string of the molecule is Cc1cccc(-c2n[nH]c(=S)n2CCC(=O)Nn2cnc3ccccc32)c1. The number of imidazole rings is 1. The highest BCUT2D eigenvalue weighted by atomic mass is 32.1. The van der Waals surface area contributed by atoms with Crippen molar-refractivity contribution in [1.82, 2.24) is 24.4 Å². The van der Waals surface area contributed by atoms with E-state index in [0.29, 0.717) is 11.3 Å². The fraction of sp³-hybridized carbons (Fsp3) is 0.158. The first-order chi connectivity index (χ1) is 13.1. The quantitative estimate of drug-likeness (QED) is 0.522. The van der Waals surface area contributed by atoms with Gasteiger partial charge in [-0.05, 0) is 37.3 Å². The molecule has 2 aromatic heterocycles. The van der Waals surface area contributed by atoms with Crippen LogP contribution in [0.25, 0.3) is 22.4 Å². The molecular weight excluding hydrogens is 360 g/mol. The number of aromatic nitrogens is 5. The van der Waals surface area contributed by atoms with Crippen LogP contribution >= 0.6 is 12.2 Å². The molecule has 27 heavy (non-hydrogen) atoms. The number of fused-ring (bicyclic) bond motifs is 1. The maximum Gasteiger partial charge on any atom is 0.240 e. The third kappa shape index (κ3) is 3.52. The maximum absolute atomic E-state index is 12.4. The standard InChI is InChI=1S/C19H18N6OS/c1-13-5-4-6-14(11-13)18-21-22-19(27)24(18)10-9-17(26)23-25-12-20-15-7-2-3-8-16(15)25/h2-8,11-12H,9-10H2,1H3,(H,22,27)(H,23,26). The van der Waals surface area contributed by atoms with Gasteiger partial charge in [-0.15, -0.1) is 0 Å². The summed E-state index contributed by atoms with van der Waals surface area (Å²) < 4.78 is 3.97. The molecule has 0 spiro atoms. The molecule has 4 aromatic rings. The van der Waals surface area contributed by atoms with Crippen LogP contribution in [-0.2, 0) is 11.3 Å². The number of H-pyrrole nitrogens is 1. The Labute approximate surface area is 160 Å². The van der Waals surface area contributed by atoms with Gasteiger partial charge in [-0.3, -0.25) is 19.9 Å². The summed E-state index contributed by atoms with van der Waals surface area (Å²) >= 11 is 5.33. The van der Waals surface area contributed by atoms with Crippen LogP contribution in [0.1, 0.15) is 12.0 Å². The van der Waals surface area contributed by atoms with Crippen molar-refractivity contribution in [1.29, 1.82) is 0 Å². The normalized spacial score (nSPS) is 11.0. The lowest BCUT2D eigenvalue weighted by Gasteiger charge is -2.09. The highest BCUT2D eigenvalue weighted by Crippen LogP contribution is 2.19. The second-order valence-corrected chi connectivity index (χ2v) is 6.65. The Bertz CT molecular complexity index is 1170. The summed E-state index contributed by atoms with van der Waals surface area (Å²) in [6.45, 7) is 2.45. The molecule has 0 atom stereocenters. The number of benzene rings is 2. The van der Waals surface area contributed by atoms with E-state index >= 15 is 0 Å². The molecule has 0 aliphatic rings. The van der Waals surface area contributed by atoms with E-state index in [2.05, 4.69) is 20.6 Å². The monoisotopic (exact) mass is 378 g/mol. The number of nitrogens with one attached hydrogen (secondary N) is 2. The van der Waals surface area contributed by atoms with Gasteiger partial charge in [-0.1, -0.05) is 35.9 Å². The number of nitrogens with zero attached hydrogens (tertiary/aromatic N) is 4. The Morgan fingerprint density at radius 2 is 2.07 bits per heavy atom. The molecule has 7 nitrogen and oxygen atoms in total. The minimum atomic E-state index is -0.128. The molecule has 0 fully saturated rings. The van der Waals surface area contributed by atoms with Gasteiger partial charge in [0.1, 0.15) is 6.33 Å². The highest BCUT2D eigenvalue weighted by molar-refractivity contribution is 7.71. The summed E-state index contributed by atoms with van der Waals surface area (Å²) in [5, 5.41) is 7.14. The minimum Gasteiger partial charge on any atom is -0.300 e. The zero-order valence-corrected chi connectivity index (χ0v) is 15.5. The second-order valence-electron chi connectivity index (χ2n) is 6.26. The van der Waals surface area contributed by atoms with Gasteiger partial charge in [0.05, 0.1) is 11.0 Å². The van der Waals surface area contributed by atoms with Crippen LogP contribution in [0.15, 0.2) is 54.9 Å². The van der Waals surface area contributed by atoms with Gasteiger partial charge in [0, 0.05) is 18.5 Å². The van der Waals surface area contributed by atoms with Crippen LogP contribution in [0.5, 0.6) is 0 Å². The predicted octanol–water partition coefficient (Wildman–Crippen LogP) is 3.43. The fourth-order valence-electron chi connectivity index (χ4n) is 2.98. The average Bonchev–Trinajstić information content (AvgIpc) is 3.24. The Kier molecular flexibility index (Phi) is 4.55. The molecule has 0 saturated carbocycles. The molecule has 0 bridgehead atoms. The molecule has 2 aromatic carbocycles. The van der Waals surface area contributed by atoms with Gasteiger partial charge in [0.2, 0.25) is 5.91 Å². The molecular formula is C19H18N6OS. The van der Waals surface area contributed by atoms with Gasteiger partial charge in [-0.25, -0.2) is 9.66 Å². The van der Waals surface area contributed by atoms with E-state index < -0.39 is 0 Å². The predicted molar refractivity (Wildman–Crippen MR) is 106 cm³/mol. The van der Waals surface area contributed by atoms with Crippen molar-refractivity contribution < 1.29 is 4.79 Å². The first-order valence-electron chi connectivity index (χ1n) is 8.56. The van der Waals surface area contributed by atoms with E-state index in [1.54, 1.807) is 11.0 Å². The molecule has 2 heterocycles. The summed E-state index contributed by atoms with van der Waals surface area (Å²) in [6, 6.07) is 15.6. The number of rotatable bonds is 5. The largest absolute Gasteiger partial charge is 0.300 e. The lowest BCUT2D eigenvalue weighted by molar-refractivity contribution is -0.117. The zero-order chi connectivity index (χ0) is 18.8. The fourth-order valence-corrected chi connectivity index (χ4v) is 3.20. The first kappa shape index (κ1) is 17.2. The molecule has 0 saturated heterocycles. The van der Waals surface area contributed by atoms with E-state index in [0.717, 1.165) is 28.0 Å². The van der Waals surface area contributed by atoms with Crippen molar-refractivity contribution in [3.8, 4) is 11.4 Å². The van der Waals surface area contributed by atoms with Gasteiger partial charge in [0.15, 0.2) is 10.6 Å². The smallest absolute Gasteiger partial charge is 0.240 e. The van der Waals surface area contributed by atoms with Crippen LogP contribution in [-0.4, -0.2) is 30.3 Å². The van der Waals surface area contributed by atoms with Gasteiger partial charge >= 0.3 is 0 Å². The summed E-state index contributed by atoms with van der Waals surface area (Å²) in [7, 11) is 0. The third-order valence-corrected chi connectivity index (χ3v) is 4.61. The minimum absolute atomic E-state index is 0.128. The molecule has 2 N–H and O–H groups in total. The molecule has 8 heteroatoms. The highest BCUT2D eigenvalue weighted by Gasteiger charge is 2.12. The van der Waals surface area contributed by atoms with E-state index in [9.17, 15) is 4.79 Å². The average molecular weight is 378 g/mol. The zero-order valence-electron chi connectivity index (χ0n) is 14.7. The molecule has 0 aliphatic carbocycles. The number of para-hydroxylation sites is 2. The van der Waals surface area contributed by atoms with E-state index in [1.165, 1.54) is 0 Å². The van der Waals surface area contributed by atoms with Gasteiger partial charge in [-0.2, -0.15) is 5.10 Å². The molecule has 136 valence electrons. The Balaban J connectivity index is 1.50. The van der Waals surface area contributed by atoms with E-state index in [4.69, 9.17) is 12.2 Å². The van der Waals surface area contributed by atoms with E-state index in [1.807, 2.05) is 60.0 Å². The van der Waals surface area contributed by atoms with Crippen molar-refractivity contribution in [3.63, 3.8) is 0 Å². The summed E-state index contributed by atoms with van der Waals surface area (Å²) in [6.07, 6.45) is 1.86. The molecule has 0 aliphatic heterocycles. The number of amides is 1. The van der Waals surface area contributed by atoms with Crippen molar-refractivity contribution in [2.75, 3.05) is 5.43 Å². The van der Waals surface area contributed by atoms with Crippen LogP contribution in [0, 0.1) is 11.7 Å². The van der Waals surface area contributed by atoms with Crippen LogP contribution < -0.4 is 5.43 Å². The van der Waals surface area contributed by atoms with Crippen molar-refractivity contribution >= 4 is 29.2 Å². The Hall–Kier alpha value is -3.26. The van der Waals surface area contributed by atoms with Crippen LogP contribution in [0.2, 0.25) is 0 Å². The third-order valence-electron chi connectivity index (χ3n) is 4.30. The Morgan fingerprint density at radius 1 is 1.22 bits per heavy atom. The first-order valence-corrected chi connectivity index (χ1v) is 8.97. The lowest BCUT2D eigenvalue weighted by Crippen LogP contribution is -2.23. The summed E-state index contributed by atoms with van der Waals surface area (Å²) in [4.78, 5) is 16.7. The number of hydrogen-bond acceptors (Lipinski definition) is 4. The molecule has 1 amide bonds. The molecule has 4 rings (SSSR count). The number of hydrogen-bond donors (Lipinski definition) is 2. The second kappa shape index (κ2) is 7.16. The van der Waals surface area contributed by atoms with Gasteiger partial charge < -0.3 is 0 Å². The topological polar surface area (TPSA) is 80.5 Å². The number of aryl methyl sites for hydroxylation is 1. The molecule has 0 radical (unpaired) electrons. The van der Waals surface area contributed by atoms with Crippen LogP contribution in [0.4, 0.5) is 0 Å². The molecule has 0 unspecified atom stereocenters. The number of carbonyl (C=O) groups excluding carboxylic acids is 1. The summed E-state index contributed by atoms with van der Waals surface area (Å²) in [5.41, 5.74) is 6.63. The maximum atomic E-state index is 12.4. The lowest BCUT2D eigenvalue weighted by atomic mass is 10.1. The number of carbonyl (C=O) groups is 1. The van der Waals surface area contributed by atoms with E-state index in [-0.39, 0.29) is 12.3 Å². The van der Waals surface area contributed by atoms with Crippen molar-refractivity contribution in [2.45, 2.75) is 19.9 Å². The Morgan fingerprint density at radius 3 is 2.93 bits per heavy atom. The van der Waals surface area contributed by atoms with Crippen LogP contribution in [0.3, 0.4) is 0 Å². The van der Waals surface area contributed by atoms with Crippen molar-refractivity contribution in [3.05, 3.63) is 65.2 Å².